The van der Waals surface area contributed by atoms with E-state index in [2.05, 4.69) is 4.74 Å². The Morgan fingerprint density at radius 1 is 1.73 bits per heavy atom. The van der Waals surface area contributed by atoms with E-state index in [9.17, 15) is 4.79 Å². The summed E-state index contributed by atoms with van der Waals surface area (Å²) < 4.78 is 4.52. The van der Waals surface area contributed by atoms with Crippen molar-refractivity contribution in [1.82, 2.24) is 0 Å². The number of esters is 1. The van der Waals surface area contributed by atoms with Crippen LogP contribution in [0, 0.1) is 0 Å². The standard InChI is InChI=1S/C7H15NO2S/c1-6(11-4-3-8)5-7(9)10-2/h6H,3-5,8H2,1-2H3. The van der Waals surface area contributed by atoms with Crippen LogP contribution in [0.4, 0.5) is 0 Å². The van der Waals surface area contributed by atoms with E-state index in [-0.39, 0.29) is 5.97 Å². The van der Waals surface area contributed by atoms with Crippen molar-refractivity contribution in [3.05, 3.63) is 0 Å². The van der Waals surface area contributed by atoms with Crippen LogP contribution in [0.1, 0.15) is 13.3 Å². The maximum Gasteiger partial charge on any atom is 0.306 e. The fourth-order valence-corrected chi connectivity index (χ4v) is 1.44. The molecule has 0 bridgehead atoms. The smallest absolute Gasteiger partial charge is 0.306 e. The van der Waals surface area contributed by atoms with Gasteiger partial charge >= 0.3 is 5.97 Å². The summed E-state index contributed by atoms with van der Waals surface area (Å²) in [6.07, 6.45) is 0.473. The lowest BCUT2D eigenvalue weighted by atomic mass is 10.3. The van der Waals surface area contributed by atoms with Gasteiger partial charge in [-0.2, -0.15) is 11.8 Å². The van der Waals surface area contributed by atoms with Crippen LogP contribution in [0.2, 0.25) is 0 Å². The van der Waals surface area contributed by atoms with Crippen LogP contribution in [0.25, 0.3) is 0 Å². The third kappa shape index (κ3) is 6.19. The van der Waals surface area contributed by atoms with Crippen molar-refractivity contribution in [1.29, 1.82) is 0 Å². The summed E-state index contributed by atoms with van der Waals surface area (Å²) in [6, 6.07) is 0. The molecule has 0 fully saturated rings. The average molecular weight is 177 g/mol. The minimum atomic E-state index is -0.151. The Bertz CT molecular complexity index is 119. The highest BCUT2D eigenvalue weighted by molar-refractivity contribution is 7.99. The fraction of sp³-hybridized carbons (Fsp3) is 0.857. The van der Waals surface area contributed by atoms with Crippen LogP contribution < -0.4 is 5.73 Å². The number of methoxy groups -OCH3 is 1. The van der Waals surface area contributed by atoms with Crippen molar-refractivity contribution in [2.75, 3.05) is 19.4 Å². The number of rotatable bonds is 5. The Morgan fingerprint density at radius 3 is 2.82 bits per heavy atom. The van der Waals surface area contributed by atoms with Gasteiger partial charge in [0.2, 0.25) is 0 Å². The van der Waals surface area contributed by atoms with Crippen LogP contribution in [-0.2, 0) is 9.53 Å². The molecule has 0 amide bonds. The van der Waals surface area contributed by atoms with Gasteiger partial charge in [0.1, 0.15) is 0 Å². The van der Waals surface area contributed by atoms with E-state index in [0.29, 0.717) is 18.2 Å². The van der Waals surface area contributed by atoms with Crippen molar-refractivity contribution in [3.63, 3.8) is 0 Å². The topological polar surface area (TPSA) is 52.3 Å². The van der Waals surface area contributed by atoms with E-state index in [1.54, 1.807) is 11.8 Å². The van der Waals surface area contributed by atoms with Gasteiger partial charge in [-0.3, -0.25) is 4.79 Å². The van der Waals surface area contributed by atoms with Crippen molar-refractivity contribution < 1.29 is 9.53 Å². The van der Waals surface area contributed by atoms with Crippen molar-refractivity contribution >= 4 is 17.7 Å². The average Bonchev–Trinajstić information content (AvgIpc) is 2.00. The molecule has 0 aliphatic heterocycles. The molecular weight excluding hydrogens is 162 g/mol. The first-order valence-electron chi connectivity index (χ1n) is 3.59. The molecule has 0 aromatic rings. The molecule has 0 rings (SSSR count). The molecule has 0 aliphatic rings. The Kier molecular flexibility index (Phi) is 6.36. The maximum absolute atomic E-state index is 10.7. The molecule has 0 aromatic heterocycles. The molecule has 11 heavy (non-hydrogen) atoms. The van der Waals surface area contributed by atoms with E-state index in [4.69, 9.17) is 5.73 Å². The zero-order valence-electron chi connectivity index (χ0n) is 7.00. The van der Waals surface area contributed by atoms with E-state index < -0.39 is 0 Å². The number of carbonyl (C=O) groups is 1. The highest BCUT2D eigenvalue weighted by Gasteiger charge is 2.08. The molecule has 4 heteroatoms. The number of carbonyl (C=O) groups excluding carboxylic acids is 1. The summed E-state index contributed by atoms with van der Waals surface area (Å²) in [7, 11) is 1.41. The number of ether oxygens (including phenoxy) is 1. The number of thioether (sulfide) groups is 1. The molecule has 0 aliphatic carbocycles. The highest BCUT2D eigenvalue weighted by Crippen LogP contribution is 2.12. The first-order valence-corrected chi connectivity index (χ1v) is 4.64. The van der Waals surface area contributed by atoms with Gasteiger partial charge in [-0.25, -0.2) is 0 Å². The Balaban J connectivity index is 3.35. The van der Waals surface area contributed by atoms with Crippen LogP contribution in [0.5, 0.6) is 0 Å². The Labute approximate surface area is 71.7 Å². The summed E-state index contributed by atoms with van der Waals surface area (Å²) in [5, 5.41) is 0.311. The summed E-state index contributed by atoms with van der Waals surface area (Å²) >= 11 is 1.69. The molecule has 0 saturated carbocycles. The van der Waals surface area contributed by atoms with Gasteiger partial charge in [-0.05, 0) is 0 Å². The third-order valence-electron chi connectivity index (χ3n) is 1.20. The molecule has 2 N–H and O–H groups in total. The van der Waals surface area contributed by atoms with Gasteiger partial charge in [0, 0.05) is 17.5 Å². The van der Waals surface area contributed by atoms with E-state index >= 15 is 0 Å². The molecule has 0 saturated heterocycles. The second-order valence-corrected chi connectivity index (χ2v) is 3.80. The minimum Gasteiger partial charge on any atom is -0.469 e. The van der Waals surface area contributed by atoms with E-state index in [1.807, 2.05) is 6.92 Å². The predicted octanol–water partition coefficient (Wildman–Crippen LogP) is 0.630. The van der Waals surface area contributed by atoms with E-state index in [1.165, 1.54) is 7.11 Å². The lowest BCUT2D eigenvalue weighted by Crippen LogP contribution is -2.11. The Morgan fingerprint density at radius 2 is 2.36 bits per heavy atom. The van der Waals surface area contributed by atoms with E-state index in [0.717, 1.165) is 5.75 Å². The second kappa shape index (κ2) is 6.49. The SMILES string of the molecule is COC(=O)CC(C)SCCN. The molecular formula is C7H15NO2S. The number of hydrogen-bond acceptors (Lipinski definition) is 4. The fourth-order valence-electron chi connectivity index (χ4n) is 0.646. The highest BCUT2D eigenvalue weighted by atomic mass is 32.2. The van der Waals surface area contributed by atoms with Crippen LogP contribution in [-0.4, -0.2) is 30.6 Å². The van der Waals surface area contributed by atoms with Gasteiger partial charge in [-0.1, -0.05) is 6.92 Å². The van der Waals surface area contributed by atoms with Crippen molar-refractivity contribution in [2.45, 2.75) is 18.6 Å². The summed E-state index contributed by atoms with van der Waals surface area (Å²) in [6.45, 7) is 2.66. The zero-order chi connectivity index (χ0) is 8.69. The first kappa shape index (κ1) is 10.8. The van der Waals surface area contributed by atoms with Gasteiger partial charge in [-0.15, -0.1) is 0 Å². The first-order chi connectivity index (χ1) is 5.20. The molecule has 1 atom stereocenters. The van der Waals surface area contributed by atoms with Gasteiger partial charge in [0.25, 0.3) is 0 Å². The second-order valence-electron chi connectivity index (χ2n) is 2.25. The van der Waals surface area contributed by atoms with Crippen LogP contribution >= 0.6 is 11.8 Å². The molecule has 0 spiro atoms. The van der Waals surface area contributed by atoms with Crippen molar-refractivity contribution in [3.8, 4) is 0 Å². The monoisotopic (exact) mass is 177 g/mol. The van der Waals surface area contributed by atoms with Crippen LogP contribution in [0.3, 0.4) is 0 Å². The quantitative estimate of drug-likeness (QED) is 0.626. The molecule has 1 unspecified atom stereocenters. The lowest BCUT2D eigenvalue weighted by Gasteiger charge is -2.07. The largest absolute Gasteiger partial charge is 0.469 e. The third-order valence-corrected chi connectivity index (χ3v) is 2.41. The predicted molar refractivity (Wildman–Crippen MR) is 47.6 cm³/mol. The Hall–Kier alpha value is -0.220. The summed E-state index contributed by atoms with van der Waals surface area (Å²) in [4.78, 5) is 10.7. The van der Waals surface area contributed by atoms with Gasteiger partial charge in [0.05, 0.1) is 13.5 Å². The number of nitrogens with two attached hydrogens (primary N) is 1. The van der Waals surface area contributed by atoms with Crippen LogP contribution in [0.15, 0.2) is 0 Å². The van der Waals surface area contributed by atoms with Crippen molar-refractivity contribution in [2.24, 2.45) is 5.73 Å². The maximum atomic E-state index is 10.7. The minimum absolute atomic E-state index is 0.151. The molecule has 0 aromatic carbocycles. The molecule has 0 radical (unpaired) electrons. The zero-order valence-corrected chi connectivity index (χ0v) is 7.82. The lowest BCUT2D eigenvalue weighted by molar-refractivity contribution is -0.140. The van der Waals surface area contributed by atoms with Gasteiger partial charge in [0.15, 0.2) is 0 Å². The number of hydrogen-bond donors (Lipinski definition) is 1. The molecule has 66 valence electrons. The molecule has 0 heterocycles. The summed E-state index contributed by atoms with van der Waals surface area (Å²) in [5.74, 6) is 0.750. The normalized spacial score (nSPS) is 12.6. The summed E-state index contributed by atoms with van der Waals surface area (Å²) in [5.41, 5.74) is 5.30. The van der Waals surface area contributed by atoms with Gasteiger partial charge < -0.3 is 10.5 Å². The molecule has 3 nitrogen and oxygen atoms in total.